The number of benzene rings is 3. The Hall–Kier alpha value is -4.11. The van der Waals surface area contributed by atoms with Gasteiger partial charge < -0.3 is 25.8 Å². The summed E-state index contributed by atoms with van der Waals surface area (Å²) in [6.45, 7) is -2.21. The van der Waals surface area contributed by atoms with E-state index in [-0.39, 0.29) is 34.9 Å². The zero-order valence-electron chi connectivity index (χ0n) is 25.1. The number of ether oxygens (including phenoxy) is 2. The van der Waals surface area contributed by atoms with E-state index in [0.717, 1.165) is 55.1 Å². The lowest BCUT2D eigenvalue weighted by Crippen LogP contribution is -2.43. The van der Waals surface area contributed by atoms with Gasteiger partial charge in [0.15, 0.2) is 13.2 Å². The molecule has 0 bridgehead atoms. The fourth-order valence-electron chi connectivity index (χ4n) is 4.61. The Kier molecular flexibility index (Phi) is 14.1. The summed E-state index contributed by atoms with van der Waals surface area (Å²) in [5, 5.41) is 5.43. The second-order valence-electron chi connectivity index (χ2n) is 10.5. The molecule has 2 unspecified atom stereocenters. The third-order valence-corrected chi connectivity index (χ3v) is 8.30. The maximum atomic E-state index is 12.4. The minimum Gasteiger partial charge on any atom is -0.484 e. The molecule has 1 aliphatic heterocycles. The van der Waals surface area contributed by atoms with E-state index in [1.54, 1.807) is 0 Å². The second-order valence-corrected chi connectivity index (χ2v) is 12.0. The molecule has 8 nitrogen and oxygen atoms in total. The number of primary amides is 1. The summed E-state index contributed by atoms with van der Waals surface area (Å²) in [6.07, 6.45) is -6.41. The zero-order valence-corrected chi connectivity index (χ0v) is 25.9. The molecule has 0 spiro atoms. The Morgan fingerprint density at radius 3 is 1.96 bits per heavy atom. The first kappa shape index (κ1) is 37.3. The summed E-state index contributed by atoms with van der Waals surface area (Å²) >= 11 is 0. The first-order valence-corrected chi connectivity index (χ1v) is 15.9. The molecule has 15 heteroatoms. The number of hydrogen-bond donors (Lipinski definition) is 3. The summed E-state index contributed by atoms with van der Waals surface area (Å²) in [7, 11) is -1.36. The van der Waals surface area contributed by atoms with Crippen LogP contribution in [0.25, 0.3) is 0 Å². The fraction of sp³-hybridized carbons (Fsp3) is 0.375. The summed E-state index contributed by atoms with van der Waals surface area (Å²) in [6, 6.07) is 22.0. The van der Waals surface area contributed by atoms with E-state index in [2.05, 4.69) is 20.1 Å². The molecule has 3 aromatic carbocycles. The molecule has 4 rings (SSSR count). The van der Waals surface area contributed by atoms with Gasteiger partial charge in [-0.05, 0) is 48.7 Å². The Morgan fingerprint density at radius 1 is 0.872 bits per heavy atom. The van der Waals surface area contributed by atoms with Gasteiger partial charge in [0.05, 0.1) is 10.8 Å². The highest BCUT2D eigenvalue weighted by atomic mass is 32.2. The molecule has 2 atom stereocenters. The molecule has 0 saturated carbocycles. The van der Waals surface area contributed by atoms with Crippen molar-refractivity contribution in [1.29, 1.82) is 0 Å². The number of piperidine rings is 1. The molecule has 1 aliphatic rings. The average Bonchev–Trinajstić information content (AvgIpc) is 3.03. The molecular weight excluding hydrogens is 652 g/mol. The maximum absolute atomic E-state index is 12.4. The topological polar surface area (TPSA) is 120 Å². The van der Waals surface area contributed by atoms with Crippen molar-refractivity contribution in [2.75, 3.05) is 32.1 Å². The predicted octanol–water partition coefficient (Wildman–Crippen LogP) is 5.45. The molecule has 1 heterocycles. The average molecular weight is 688 g/mol. The molecule has 1 saturated heterocycles. The van der Waals surface area contributed by atoms with Gasteiger partial charge in [-0.2, -0.15) is 26.3 Å². The highest BCUT2D eigenvalue weighted by molar-refractivity contribution is 7.86. The van der Waals surface area contributed by atoms with Crippen LogP contribution in [0.4, 0.5) is 26.3 Å². The SMILES string of the molecule is NC(=O)CS(=O)C(c1ccccc1)c1ccccc1.O=C(NCC1CCCCN1)c1cc(OCC(F)(F)F)ccc1OCC(F)(F)F. The van der Waals surface area contributed by atoms with Gasteiger partial charge in [0.2, 0.25) is 5.91 Å². The van der Waals surface area contributed by atoms with Crippen LogP contribution in [0.3, 0.4) is 0 Å². The van der Waals surface area contributed by atoms with E-state index in [4.69, 9.17) is 5.73 Å². The molecule has 256 valence electrons. The molecule has 0 radical (unpaired) electrons. The minimum atomic E-state index is -4.63. The van der Waals surface area contributed by atoms with Gasteiger partial charge in [-0.25, -0.2) is 0 Å². The van der Waals surface area contributed by atoms with E-state index in [9.17, 15) is 40.1 Å². The smallest absolute Gasteiger partial charge is 0.422 e. The number of amides is 2. The van der Waals surface area contributed by atoms with Gasteiger partial charge in [-0.3, -0.25) is 13.8 Å². The fourth-order valence-corrected chi connectivity index (χ4v) is 5.98. The number of hydrogen-bond acceptors (Lipinski definition) is 6. The van der Waals surface area contributed by atoms with Gasteiger partial charge in [0.1, 0.15) is 17.3 Å². The summed E-state index contributed by atoms with van der Waals surface area (Å²) in [4.78, 5) is 23.4. The van der Waals surface area contributed by atoms with Crippen LogP contribution in [-0.2, 0) is 15.6 Å². The largest absolute Gasteiger partial charge is 0.484 e. The van der Waals surface area contributed by atoms with Crippen molar-refractivity contribution in [2.45, 2.75) is 42.9 Å². The summed E-state index contributed by atoms with van der Waals surface area (Å²) in [5.74, 6) is -2.14. The molecule has 2 amide bonds. The molecule has 1 fully saturated rings. The van der Waals surface area contributed by atoms with Crippen molar-refractivity contribution in [3.8, 4) is 11.5 Å². The minimum absolute atomic E-state index is 0.0157. The highest BCUT2D eigenvalue weighted by Crippen LogP contribution is 2.29. The lowest BCUT2D eigenvalue weighted by atomic mass is 10.0. The third-order valence-electron chi connectivity index (χ3n) is 6.66. The van der Waals surface area contributed by atoms with E-state index in [1.165, 1.54) is 0 Å². The van der Waals surface area contributed by atoms with E-state index >= 15 is 0 Å². The van der Waals surface area contributed by atoms with Crippen molar-refractivity contribution in [1.82, 2.24) is 10.6 Å². The Balaban J connectivity index is 0.000000274. The number of nitrogens with one attached hydrogen (secondary N) is 2. The first-order valence-electron chi connectivity index (χ1n) is 14.5. The van der Waals surface area contributed by atoms with Crippen LogP contribution in [0.1, 0.15) is 46.0 Å². The van der Waals surface area contributed by atoms with Gasteiger partial charge >= 0.3 is 12.4 Å². The van der Waals surface area contributed by atoms with Crippen molar-refractivity contribution in [3.63, 3.8) is 0 Å². The third kappa shape index (κ3) is 13.6. The summed E-state index contributed by atoms with van der Waals surface area (Å²) < 4.78 is 95.7. The Labute approximate surface area is 270 Å². The van der Waals surface area contributed by atoms with Gasteiger partial charge in [0.25, 0.3) is 5.91 Å². The van der Waals surface area contributed by atoms with Crippen LogP contribution in [0.5, 0.6) is 11.5 Å². The molecule has 0 aliphatic carbocycles. The quantitative estimate of drug-likeness (QED) is 0.218. The van der Waals surface area contributed by atoms with Crippen molar-refractivity contribution >= 4 is 22.6 Å². The number of carbonyl (C=O) groups is 2. The Morgan fingerprint density at radius 2 is 1.45 bits per heavy atom. The molecule has 47 heavy (non-hydrogen) atoms. The van der Waals surface area contributed by atoms with Crippen LogP contribution in [-0.4, -0.2) is 66.5 Å². The number of halogens is 6. The Bertz CT molecular complexity index is 1410. The normalized spacial score (nSPS) is 15.6. The zero-order chi connectivity index (χ0) is 34.5. The van der Waals surface area contributed by atoms with Gasteiger partial charge in [-0.1, -0.05) is 67.1 Å². The van der Waals surface area contributed by atoms with E-state index in [1.807, 2.05) is 60.7 Å². The van der Waals surface area contributed by atoms with Crippen LogP contribution in [0.15, 0.2) is 78.9 Å². The van der Waals surface area contributed by atoms with E-state index in [0.29, 0.717) is 0 Å². The molecule has 4 N–H and O–H groups in total. The van der Waals surface area contributed by atoms with E-state index < -0.39 is 53.9 Å². The number of carbonyl (C=O) groups excluding carboxylic acids is 2. The maximum Gasteiger partial charge on any atom is 0.422 e. The lowest BCUT2D eigenvalue weighted by Gasteiger charge is -2.24. The monoisotopic (exact) mass is 687 g/mol. The predicted molar refractivity (Wildman–Crippen MR) is 164 cm³/mol. The number of alkyl halides is 6. The van der Waals surface area contributed by atoms with Crippen LogP contribution < -0.4 is 25.8 Å². The van der Waals surface area contributed by atoms with Crippen LogP contribution >= 0.6 is 0 Å². The standard InChI is InChI=1S/C17H20F6N2O3.C15H15NO2S/c18-16(19,20)9-27-12-4-5-14(28-10-17(21,22)23)13(7-12)15(26)25-8-11-3-1-2-6-24-11;16-14(17)11-19(18)15(12-7-3-1-4-8-12)13-9-5-2-6-10-13/h4-5,7,11,24H,1-3,6,8-10H2,(H,25,26);1-10,15H,11H2,(H2,16,17). The van der Waals surface area contributed by atoms with Crippen molar-refractivity contribution < 1.29 is 49.6 Å². The lowest BCUT2D eigenvalue weighted by molar-refractivity contribution is -0.154. The van der Waals surface area contributed by atoms with Crippen LogP contribution in [0, 0.1) is 0 Å². The molecular formula is C32H35F6N3O5S. The van der Waals surface area contributed by atoms with Crippen LogP contribution in [0.2, 0.25) is 0 Å². The molecule has 3 aromatic rings. The first-order chi connectivity index (χ1) is 22.2. The van der Waals surface area contributed by atoms with Crippen molar-refractivity contribution in [2.24, 2.45) is 5.73 Å². The van der Waals surface area contributed by atoms with Gasteiger partial charge in [-0.15, -0.1) is 0 Å². The second kappa shape index (κ2) is 17.7. The molecule has 0 aromatic heterocycles. The number of rotatable bonds is 12. The van der Waals surface area contributed by atoms with Crippen molar-refractivity contribution in [3.05, 3.63) is 95.6 Å². The summed E-state index contributed by atoms with van der Waals surface area (Å²) in [5.41, 5.74) is 6.67. The number of nitrogens with two attached hydrogens (primary N) is 1. The van der Waals surface area contributed by atoms with Gasteiger partial charge in [0, 0.05) is 23.4 Å². The highest BCUT2D eigenvalue weighted by Gasteiger charge is 2.31.